The summed E-state index contributed by atoms with van der Waals surface area (Å²) in [5, 5.41) is 5.82. The molecule has 1 atom stereocenters. The molecule has 2 amide bonds. The number of urea groups is 1. The van der Waals surface area contributed by atoms with Crippen LogP contribution in [0.2, 0.25) is 0 Å². The van der Waals surface area contributed by atoms with E-state index in [2.05, 4.69) is 24.5 Å². The molecule has 0 bridgehead atoms. The summed E-state index contributed by atoms with van der Waals surface area (Å²) in [6.07, 6.45) is 1.09. The molecule has 2 fully saturated rings. The Morgan fingerprint density at radius 1 is 1.50 bits per heavy atom. The fourth-order valence-corrected chi connectivity index (χ4v) is 1.56. The van der Waals surface area contributed by atoms with Gasteiger partial charge in [-0.3, -0.25) is 0 Å². The zero-order valence-corrected chi connectivity index (χ0v) is 8.80. The van der Waals surface area contributed by atoms with Gasteiger partial charge in [0.15, 0.2) is 0 Å². The average molecular weight is 198 g/mol. The van der Waals surface area contributed by atoms with Gasteiger partial charge in [0.25, 0.3) is 0 Å². The predicted octanol–water partition coefficient (Wildman–Crippen LogP) is 0.731. The second-order valence-corrected chi connectivity index (χ2v) is 5.00. The van der Waals surface area contributed by atoms with Crippen LogP contribution in [-0.2, 0) is 4.74 Å². The SMILES string of the molecule is CC1(C)C[C@@H]1NC(=O)NCC1COC1. The van der Waals surface area contributed by atoms with E-state index in [4.69, 9.17) is 4.74 Å². The Hall–Kier alpha value is -0.770. The van der Waals surface area contributed by atoms with Crippen LogP contribution in [0, 0.1) is 11.3 Å². The third-order valence-corrected chi connectivity index (χ3v) is 3.08. The van der Waals surface area contributed by atoms with Crippen molar-refractivity contribution in [3.63, 3.8) is 0 Å². The molecule has 0 radical (unpaired) electrons. The van der Waals surface area contributed by atoms with Gasteiger partial charge in [0.2, 0.25) is 0 Å². The molecule has 2 aliphatic rings. The molecule has 1 saturated heterocycles. The zero-order chi connectivity index (χ0) is 10.2. The lowest BCUT2D eigenvalue weighted by atomic mass is 10.1. The summed E-state index contributed by atoms with van der Waals surface area (Å²) in [4.78, 5) is 11.4. The van der Waals surface area contributed by atoms with Crippen LogP contribution in [0.15, 0.2) is 0 Å². The molecule has 14 heavy (non-hydrogen) atoms. The van der Waals surface area contributed by atoms with Crippen molar-refractivity contribution in [2.45, 2.75) is 26.3 Å². The van der Waals surface area contributed by atoms with E-state index in [1.807, 2.05) is 0 Å². The molecule has 0 aromatic carbocycles. The average Bonchev–Trinajstić information content (AvgIpc) is 2.55. The van der Waals surface area contributed by atoms with Gasteiger partial charge in [-0.05, 0) is 11.8 Å². The molecular formula is C10H18N2O2. The smallest absolute Gasteiger partial charge is 0.315 e. The van der Waals surface area contributed by atoms with Gasteiger partial charge in [0.05, 0.1) is 13.2 Å². The Bertz CT molecular complexity index is 236. The lowest BCUT2D eigenvalue weighted by Crippen LogP contribution is -2.44. The van der Waals surface area contributed by atoms with Gasteiger partial charge < -0.3 is 15.4 Å². The lowest BCUT2D eigenvalue weighted by molar-refractivity contribution is -0.0293. The summed E-state index contributed by atoms with van der Waals surface area (Å²) in [5.74, 6) is 0.521. The van der Waals surface area contributed by atoms with Gasteiger partial charge >= 0.3 is 6.03 Å². The van der Waals surface area contributed by atoms with E-state index in [1.165, 1.54) is 0 Å². The lowest BCUT2D eigenvalue weighted by Gasteiger charge is -2.26. The van der Waals surface area contributed by atoms with Crippen LogP contribution >= 0.6 is 0 Å². The van der Waals surface area contributed by atoms with Gasteiger partial charge in [0, 0.05) is 18.5 Å². The molecule has 2 rings (SSSR count). The number of carbonyl (C=O) groups is 1. The second kappa shape index (κ2) is 3.42. The van der Waals surface area contributed by atoms with E-state index in [-0.39, 0.29) is 6.03 Å². The van der Waals surface area contributed by atoms with Gasteiger partial charge in [-0.2, -0.15) is 0 Å². The quantitative estimate of drug-likeness (QED) is 0.702. The maximum Gasteiger partial charge on any atom is 0.315 e. The Balaban J connectivity index is 1.59. The maximum absolute atomic E-state index is 11.4. The minimum Gasteiger partial charge on any atom is -0.381 e. The molecule has 80 valence electrons. The number of ether oxygens (including phenoxy) is 1. The first-order valence-corrected chi connectivity index (χ1v) is 5.20. The summed E-state index contributed by atoms with van der Waals surface area (Å²) in [6.45, 7) is 6.64. The van der Waals surface area contributed by atoms with Crippen molar-refractivity contribution in [3.8, 4) is 0 Å². The van der Waals surface area contributed by atoms with Crippen molar-refractivity contribution in [1.82, 2.24) is 10.6 Å². The van der Waals surface area contributed by atoms with Crippen molar-refractivity contribution < 1.29 is 9.53 Å². The van der Waals surface area contributed by atoms with Crippen LogP contribution in [0.3, 0.4) is 0 Å². The first-order chi connectivity index (χ1) is 6.58. The van der Waals surface area contributed by atoms with Crippen molar-refractivity contribution >= 4 is 6.03 Å². The molecule has 2 N–H and O–H groups in total. The first kappa shape index (κ1) is 9.77. The standard InChI is InChI=1S/C10H18N2O2/c1-10(2)3-8(10)12-9(13)11-4-7-5-14-6-7/h7-8H,3-6H2,1-2H3,(H2,11,12,13)/t8-/m0/s1. The number of carbonyl (C=O) groups excluding carboxylic acids is 1. The third-order valence-electron chi connectivity index (χ3n) is 3.08. The minimum atomic E-state index is -0.0347. The minimum absolute atomic E-state index is 0.0347. The van der Waals surface area contributed by atoms with Crippen molar-refractivity contribution in [1.29, 1.82) is 0 Å². The van der Waals surface area contributed by atoms with E-state index in [0.29, 0.717) is 17.4 Å². The van der Waals surface area contributed by atoms with E-state index >= 15 is 0 Å². The zero-order valence-electron chi connectivity index (χ0n) is 8.80. The number of hydrogen-bond donors (Lipinski definition) is 2. The fourth-order valence-electron chi connectivity index (χ4n) is 1.56. The number of hydrogen-bond acceptors (Lipinski definition) is 2. The van der Waals surface area contributed by atoms with Gasteiger partial charge in [-0.25, -0.2) is 4.79 Å². The molecule has 1 aliphatic heterocycles. The van der Waals surface area contributed by atoms with E-state index < -0.39 is 0 Å². The van der Waals surface area contributed by atoms with E-state index in [9.17, 15) is 4.79 Å². The summed E-state index contributed by atoms with van der Waals surface area (Å²) in [5.41, 5.74) is 0.303. The Kier molecular flexibility index (Phi) is 2.39. The molecule has 1 saturated carbocycles. The van der Waals surface area contributed by atoms with E-state index in [1.54, 1.807) is 0 Å². The second-order valence-electron chi connectivity index (χ2n) is 5.00. The molecule has 0 aromatic heterocycles. The maximum atomic E-state index is 11.4. The summed E-state index contributed by atoms with van der Waals surface area (Å²) < 4.78 is 5.02. The Morgan fingerprint density at radius 3 is 2.57 bits per heavy atom. The van der Waals surface area contributed by atoms with Crippen LogP contribution in [0.4, 0.5) is 4.79 Å². The highest BCUT2D eigenvalue weighted by Gasteiger charge is 2.46. The fraction of sp³-hybridized carbons (Fsp3) is 0.900. The summed E-state index contributed by atoms with van der Waals surface area (Å²) in [6, 6.07) is 0.326. The topological polar surface area (TPSA) is 50.4 Å². The Labute approximate surface area is 84.4 Å². The normalized spacial score (nSPS) is 29.1. The largest absolute Gasteiger partial charge is 0.381 e. The third kappa shape index (κ3) is 2.18. The highest BCUT2D eigenvalue weighted by atomic mass is 16.5. The predicted molar refractivity (Wildman–Crippen MR) is 53.0 cm³/mol. The molecule has 4 heteroatoms. The van der Waals surface area contributed by atoms with Gasteiger partial charge in [-0.1, -0.05) is 13.8 Å². The molecule has 4 nitrogen and oxygen atoms in total. The number of rotatable bonds is 3. The molecule has 0 unspecified atom stereocenters. The molecular weight excluding hydrogens is 180 g/mol. The highest BCUT2D eigenvalue weighted by molar-refractivity contribution is 5.74. The van der Waals surface area contributed by atoms with Gasteiger partial charge in [-0.15, -0.1) is 0 Å². The number of amides is 2. The summed E-state index contributed by atoms with van der Waals surface area (Å²) >= 11 is 0. The van der Waals surface area contributed by atoms with Crippen molar-refractivity contribution in [3.05, 3.63) is 0 Å². The monoisotopic (exact) mass is 198 g/mol. The van der Waals surface area contributed by atoms with Gasteiger partial charge in [0.1, 0.15) is 0 Å². The van der Waals surface area contributed by atoms with Crippen LogP contribution in [0.25, 0.3) is 0 Å². The first-order valence-electron chi connectivity index (χ1n) is 5.20. The van der Waals surface area contributed by atoms with Crippen molar-refractivity contribution in [2.75, 3.05) is 19.8 Å². The van der Waals surface area contributed by atoms with Crippen LogP contribution in [-0.4, -0.2) is 31.8 Å². The van der Waals surface area contributed by atoms with Crippen LogP contribution in [0.1, 0.15) is 20.3 Å². The molecule has 0 spiro atoms. The van der Waals surface area contributed by atoms with Crippen molar-refractivity contribution in [2.24, 2.45) is 11.3 Å². The van der Waals surface area contributed by atoms with Crippen LogP contribution < -0.4 is 10.6 Å². The molecule has 1 aliphatic carbocycles. The number of nitrogens with one attached hydrogen (secondary N) is 2. The summed E-state index contributed by atoms with van der Waals surface area (Å²) in [7, 11) is 0. The molecule has 0 aromatic rings. The molecule has 1 heterocycles. The highest BCUT2D eigenvalue weighted by Crippen LogP contribution is 2.44. The Morgan fingerprint density at radius 2 is 2.14 bits per heavy atom. The van der Waals surface area contributed by atoms with E-state index in [0.717, 1.165) is 26.2 Å². The van der Waals surface area contributed by atoms with Crippen LogP contribution in [0.5, 0.6) is 0 Å².